The Labute approximate surface area is 182 Å². The molecule has 12 heteroatoms. The van der Waals surface area contributed by atoms with Crippen LogP contribution in [0.2, 0.25) is 5.02 Å². The van der Waals surface area contributed by atoms with Crippen molar-refractivity contribution in [2.75, 3.05) is 17.7 Å². The molecule has 1 atom stereocenters. The molecule has 3 rings (SSSR count). The molecule has 1 aliphatic rings. The van der Waals surface area contributed by atoms with Gasteiger partial charge in [-0.15, -0.1) is 0 Å². The lowest BCUT2D eigenvalue weighted by molar-refractivity contribution is 0.101. The Morgan fingerprint density at radius 3 is 2.55 bits per heavy atom. The molecule has 2 aromatic rings. The number of rotatable bonds is 4. The standard InChI is InChI=1S/C19H20ClF3N4O3S/c1-18(2)17(24)27-19(8-21,9-31(18,29)30)12-6-11(3-4-13(12)22)26-16(28)15-14(23)5-10(20)7-25-15/h3-7,29-30H,8-9H2,1-2H3,(H2,24,27)(H,26,28)/t19-/m0/s1. The number of nitrogens with two attached hydrogens (primary N) is 1. The van der Waals surface area contributed by atoms with Crippen LogP contribution < -0.4 is 11.1 Å². The van der Waals surface area contributed by atoms with Gasteiger partial charge in [0.2, 0.25) is 0 Å². The van der Waals surface area contributed by atoms with E-state index >= 15 is 0 Å². The predicted molar refractivity (Wildman–Crippen MR) is 115 cm³/mol. The first-order chi connectivity index (χ1) is 14.3. The minimum absolute atomic E-state index is 0.00216. The van der Waals surface area contributed by atoms with Crippen molar-refractivity contribution in [2.24, 2.45) is 10.7 Å². The van der Waals surface area contributed by atoms with E-state index in [0.717, 1.165) is 24.4 Å². The molecule has 1 aromatic carbocycles. The number of amidine groups is 1. The number of aliphatic imine (C=N–C) groups is 1. The number of alkyl halides is 1. The maximum Gasteiger partial charge on any atom is 0.277 e. The number of carbonyl (C=O) groups excluding carboxylic acids is 1. The first-order valence-electron chi connectivity index (χ1n) is 8.93. The van der Waals surface area contributed by atoms with Gasteiger partial charge in [0, 0.05) is 17.4 Å². The molecule has 1 amide bonds. The van der Waals surface area contributed by atoms with Crippen LogP contribution in [0.5, 0.6) is 0 Å². The third-order valence-electron chi connectivity index (χ3n) is 5.18. The van der Waals surface area contributed by atoms with E-state index in [4.69, 9.17) is 17.3 Å². The molecule has 1 aliphatic heterocycles. The molecule has 0 spiro atoms. The second kappa shape index (κ2) is 7.97. The minimum Gasteiger partial charge on any atom is -0.386 e. The number of benzene rings is 1. The third-order valence-corrected chi connectivity index (χ3v) is 8.11. The van der Waals surface area contributed by atoms with E-state index < -0.39 is 56.5 Å². The number of aromatic nitrogens is 1. The first-order valence-corrected chi connectivity index (χ1v) is 11.0. The largest absolute Gasteiger partial charge is 0.386 e. The van der Waals surface area contributed by atoms with Crippen molar-refractivity contribution in [3.8, 4) is 0 Å². The van der Waals surface area contributed by atoms with Crippen LogP contribution in [0.3, 0.4) is 0 Å². The van der Waals surface area contributed by atoms with Gasteiger partial charge in [-0.25, -0.2) is 18.2 Å². The predicted octanol–water partition coefficient (Wildman–Crippen LogP) is 4.33. The molecule has 0 aliphatic carbocycles. The second-order valence-corrected chi connectivity index (χ2v) is 10.7. The Hall–Kier alpha value is -2.34. The Morgan fingerprint density at radius 1 is 1.29 bits per heavy atom. The smallest absolute Gasteiger partial charge is 0.277 e. The lowest BCUT2D eigenvalue weighted by Gasteiger charge is -2.53. The zero-order valence-electron chi connectivity index (χ0n) is 16.5. The third kappa shape index (κ3) is 4.10. The summed E-state index contributed by atoms with van der Waals surface area (Å²) in [5.74, 6) is -3.65. The van der Waals surface area contributed by atoms with Gasteiger partial charge in [0.15, 0.2) is 11.5 Å². The van der Waals surface area contributed by atoms with Gasteiger partial charge in [0.1, 0.15) is 28.6 Å². The Bertz CT molecular complexity index is 1080. The van der Waals surface area contributed by atoms with Gasteiger partial charge in [-0.3, -0.25) is 18.9 Å². The summed E-state index contributed by atoms with van der Waals surface area (Å²) in [6.07, 6.45) is 1.08. The van der Waals surface area contributed by atoms with Gasteiger partial charge in [-0.05, 0) is 38.1 Å². The Morgan fingerprint density at radius 2 is 1.97 bits per heavy atom. The van der Waals surface area contributed by atoms with E-state index in [9.17, 15) is 27.1 Å². The number of anilines is 1. The molecule has 5 N–H and O–H groups in total. The van der Waals surface area contributed by atoms with Crippen molar-refractivity contribution in [1.29, 1.82) is 0 Å². The molecular weight excluding hydrogens is 457 g/mol. The van der Waals surface area contributed by atoms with E-state index in [-0.39, 0.29) is 22.1 Å². The summed E-state index contributed by atoms with van der Waals surface area (Å²) in [4.78, 5) is 20.1. The molecule has 7 nitrogen and oxygen atoms in total. The van der Waals surface area contributed by atoms with Gasteiger partial charge in [0.25, 0.3) is 5.91 Å². The van der Waals surface area contributed by atoms with Gasteiger partial charge in [0.05, 0.1) is 10.8 Å². The van der Waals surface area contributed by atoms with Crippen molar-refractivity contribution in [2.45, 2.75) is 24.1 Å². The van der Waals surface area contributed by atoms with Gasteiger partial charge >= 0.3 is 0 Å². The Kier molecular flexibility index (Phi) is 6.00. The maximum atomic E-state index is 14.7. The van der Waals surface area contributed by atoms with Crippen molar-refractivity contribution < 1.29 is 27.1 Å². The van der Waals surface area contributed by atoms with Gasteiger partial charge in [-0.2, -0.15) is 10.6 Å². The van der Waals surface area contributed by atoms with Crippen LogP contribution in [-0.4, -0.2) is 43.0 Å². The molecule has 31 heavy (non-hydrogen) atoms. The number of nitrogens with one attached hydrogen (secondary N) is 1. The summed E-state index contributed by atoms with van der Waals surface area (Å²) in [5, 5.41) is 2.34. The van der Waals surface area contributed by atoms with Crippen LogP contribution in [0.25, 0.3) is 0 Å². The maximum absolute atomic E-state index is 14.7. The number of halogens is 4. The zero-order chi connectivity index (χ0) is 23.2. The average molecular weight is 477 g/mol. The highest BCUT2D eigenvalue weighted by atomic mass is 35.5. The first kappa shape index (κ1) is 23.3. The number of hydrogen-bond donors (Lipinski definition) is 4. The fourth-order valence-electron chi connectivity index (χ4n) is 3.09. The minimum atomic E-state index is -3.51. The van der Waals surface area contributed by atoms with Crippen molar-refractivity contribution >= 4 is 39.6 Å². The highest BCUT2D eigenvalue weighted by Crippen LogP contribution is 2.59. The summed E-state index contributed by atoms with van der Waals surface area (Å²) in [6, 6.07) is 4.12. The van der Waals surface area contributed by atoms with Crippen LogP contribution in [0, 0.1) is 11.6 Å². The number of amides is 1. The number of hydrogen-bond acceptors (Lipinski definition) is 6. The van der Waals surface area contributed by atoms with Crippen LogP contribution >= 0.6 is 22.2 Å². The summed E-state index contributed by atoms with van der Waals surface area (Å²) < 4.78 is 62.7. The summed E-state index contributed by atoms with van der Waals surface area (Å²) in [6.45, 7) is 1.62. The zero-order valence-corrected chi connectivity index (χ0v) is 18.1. The summed E-state index contributed by atoms with van der Waals surface area (Å²) in [5.41, 5.74) is 2.97. The highest BCUT2D eigenvalue weighted by Gasteiger charge is 2.51. The lowest BCUT2D eigenvalue weighted by Crippen LogP contribution is -2.53. The van der Waals surface area contributed by atoms with E-state index in [1.165, 1.54) is 19.9 Å². The molecular formula is C19H20ClF3N4O3S. The monoisotopic (exact) mass is 476 g/mol. The fourth-order valence-corrected chi connectivity index (χ4v) is 4.94. The SMILES string of the molecule is CC1(C)C(N)=N[C@](CF)(c2cc(NC(=O)c3ncc(Cl)cc3F)ccc2F)CS1(O)O. The molecule has 0 saturated carbocycles. The van der Waals surface area contributed by atoms with Crippen LogP contribution in [0.15, 0.2) is 35.5 Å². The van der Waals surface area contributed by atoms with Crippen molar-refractivity contribution in [3.63, 3.8) is 0 Å². The van der Waals surface area contributed by atoms with Crippen molar-refractivity contribution in [3.05, 3.63) is 58.4 Å². The molecule has 0 radical (unpaired) electrons. The number of nitrogens with zero attached hydrogens (tertiary/aromatic N) is 2. The molecule has 0 fully saturated rings. The van der Waals surface area contributed by atoms with Crippen molar-refractivity contribution in [1.82, 2.24) is 4.98 Å². The van der Waals surface area contributed by atoms with E-state index in [1.807, 2.05) is 0 Å². The average Bonchev–Trinajstić information content (AvgIpc) is 2.67. The summed E-state index contributed by atoms with van der Waals surface area (Å²) in [7, 11) is -3.51. The topological polar surface area (TPSA) is 121 Å². The van der Waals surface area contributed by atoms with Crippen LogP contribution in [0.4, 0.5) is 18.9 Å². The molecule has 0 unspecified atom stereocenters. The lowest BCUT2D eigenvalue weighted by atomic mass is 9.92. The normalized spacial score (nSPS) is 23.0. The van der Waals surface area contributed by atoms with Gasteiger partial charge < -0.3 is 11.1 Å². The molecule has 2 heterocycles. The number of carbonyl (C=O) groups is 1. The molecule has 168 valence electrons. The highest BCUT2D eigenvalue weighted by molar-refractivity contribution is 8.26. The fraction of sp³-hybridized carbons (Fsp3) is 0.316. The second-order valence-electron chi connectivity index (χ2n) is 7.62. The van der Waals surface area contributed by atoms with E-state index in [1.54, 1.807) is 0 Å². The van der Waals surface area contributed by atoms with E-state index in [0.29, 0.717) is 0 Å². The van der Waals surface area contributed by atoms with E-state index in [2.05, 4.69) is 15.3 Å². The van der Waals surface area contributed by atoms with Crippen LogP contribution in [0.1, 0.15) is 29.9 Å². The molecule has 0 saturated heterocycles. The molecule has 0 bridgehead atoms. The molecule has 1 aromatic heterocycles. The summed E-state index contributed by atoms with van der Waals surface area (Å²) >= 11 is 5.62. The number of pyridine rings is 1. The quantitative estimate of drug-likeness (QED) is 0.523. The van der Waals surface area contributed by atoms with Gasteiger partial charge in [-0.1, -0.05) is 11.6 Å². The Balaban J connectivity index is 2.02. The van der Waals surface area contributed by atoms with Crippen LogP contribution in [-0.2, 0) is 5.54 Å².